The van der Waals surface area contributed by atoms with Crippen molar-refractivity contribution < 1.29 is 13.6 Å². The molecule has 0 saturated carbocycles. The Morgan fingerprint density at radius 2 is 2.07 bits per heavy atom. The van der Waals surface area contributed by atoms with Gasteiger partial charge in [-0.05, 0) is 49.6 Å². The summed E-state index contributed by atoms with van der Waals surface area (Å²) in [6, 6.07) is 12.1. The second-order valence-electron chi connectivity index (χ2n) is 7.09. The summed E-state index contributed by atoms with van der Waals surface area (Å²) in [6.45, 7) is 5.46. The number of likely N-dealkylation sites (tertiary alicyclic amines) is 1. The van der Waals surface area contributed by atoms with Gasteiger partial charge >= 0.3 is 0 Å². The zero-order chi connectivity index (χ0) is 18.8. The van der Waals surface area contributed by atoms with E-state index in [-0.39, 0.29) is 18.2 Å². The van der Waals surface area contributed by atoms with Crippen LogP contribution in [0.25, 0.3) is 11.5 Å². The molecule has 1 aromatic carbocycles. The first-order valence-corrected chi connectivity index (χ1v) is 9.51. The van der Waals surface area contributed by atoms with E-state index < -0.39 is 0 Å². The minimum Gasteiger partial charge on any atom is -0.469 e. The third-order valence-corrected chi connectivity index (χ3v) is 5.31. The van der Waals surface area contributed by atoms with Gasteiger partial charge in [0.1, 0.15) is 11.5 Å². The number of nitrogens with zero attached hydrogens (tertiary/aromatic N) is 2. The molecule has 0 bridgehead atoms. The summed E-state index contributed by atoms with van der Waals surface area (Å²) in [5, 5.41) is 0. The first kappa shape index (κ1) is 17.6. The molecule has 0 spiro atoms. The summed E-state index contributed by atoms with van der Waals surface area (Å²) in [4.78, 5) is 19.2. The van der Waals surface area contributed by atoms with Crippen molar-refractivity contribution in [2.75, 3.05) is 13.1 Å². The van der Waals surface area contributed by atoms with Crippen LogP contribution in [0.4, 0.5) is 0 Å². The first-order valence-electron chi connectivity index (χ1n) is 9.51. The van der Waals surface area contributed by atoms with Gasteiger partial charge in [-0.25, -0.2) is 4.98 Å². The van der Waals surface area contributed by atoms with E-state index in [0.29, 0.717) is 18.2 Å². The van der Waals surface area contributed by atoms with E-state index >= 15 is 0 Å². The van der Waals surface area contributed by atoms with Crippen LogP contribution in [0.15, 0.2) is 51.5 Å². The summed E-state index contributed by atoms with van der Waals surface area (Å²) in [6.07, 6.45) is 3.89. The minimum atomic E-state index is 0.0911. The van der Waals surface area contributed by atoms with Crippen LogP contribution >= 0.6 is 0 Å². The smallest absolute Gasteiger partial charge is 0.228 e. The highest BCUT2D eigenvalue weighted by molar-refractivity contribution is 5.79. The van der Waals surface area contributed by atoms with Gasteiger partial charge < -0.3 is 13.7 Å². The molecule has 0 radical (unpaired) electrons. The molecule has 1 fully saturated rings. The molecule has 4 rings (SSSR count). The van der Waals surface area contributed by atoms with E-state index in [4.69, 9.17) is 8.83 Å². The van der Waals surface area contributed by atoms with Crippen molar-refractivity contribution in [2.24, 2.45) is 0 Å². The van der Waals surface area contributed by atoms with Gasteiger partial charge in [-0.2, -0.15) is 0 Å². The molecule has 27 heavy (non-hydrogen) atoms. The molecule has 5 nitrogen and oxygen atoms in total. The zero-order valence-electron chi connectivity index (χ0n) is 15.8. The number of aromatic nitrogens is 1. The van der Waals surface area contributed by atoms with Gasteiger partial charge in [-0.1, -0.05) is 19.1 Å². The molecule has 1 amide bonds. The molecule has 3 aromatic rings. The average Bonchev–Trinajstić information content (AvgIpc) is 3.43. The minimum absolute atomic E-state index is 0.0911. The number of furan rings is 1. The van der Waals surface area contributed by atoms with Crippen LogP contribution in [0.3, 0.4) is 0 Å². The van der Waals surface area contributed by atoms with E-state index in [1.165, 1.54) is 5.56 Å². The molecule has 1 aliphatic heterocycles. The molecule has 3 heterocycles. The maximum atomic E-state index is 12.7. The molecule has 1 unspecified atom stereocenters. The highest BCUT2D eigenvalue weighted by atomic mass is 16.4. The number of hydrogen-bond donors (Lipinski definition) is 0. The van der Waals surface area contributed by atoms with Crippen molar-refractivity contribution in [1.82, 2.24) is 9.88 Å². The van der Waals surface area contributed by atoms with Gasteiger partial charge in [0, 0.05) is 24.6 Å². The van der Waals surface area contributed by atoms with E-state index in [9.17, 15) is 4.79 Å². The number of rotatable bonds is 5. The van der Waals surface area contributed by atoms with Crippen LogP contribution < -0.4 is 0 Å². The molecule has 1 atom stereocenters. The second kappa shape index (κ2) is 7.43. The lowest BCUT2D eigenvalue weighted by molar-refractivity contribution is -0.129. The van der Waals surface area contributed by atoms with Gasteiger partial charge in [0.2, 0.25) is 11.8 Å². The van der Waals surface area contributed by atoms with Crippen molar-refractivity contribution >= 4 is 5.91 Å². The molecular formula is C22H24N2O3. The van der Waals surface area contributed by atoms with Crippen molar-refractivity contribution in [3.05, 3.63) is 65.4 Å². The SMILES string of the molecule is CCc1ccc(-c2nc(CC(=O)N3CCC(c4ccco4)C3)c(C)o2)cc1. The molecule has 2 aromatic heterocycles. The Balaban J connectivity index is 1.43. The zero-order valence-corrected chi connectivity index (χ0v) is 15.8. The van der Waals surface area contributed by atoms with Crippen LogP contribution in [0, 0.1) is 6.92 Å². The van der Waals surface area contributed by atoms with Gasteiger partial charge in [-0.15, -0.1) is 0 Å². The number of oxazole rings is 1. The lowest BCUT2D eigenvalue weighted by Gasteiger charge is -2.15. The maximum Gasteiger partial charge on any atom is 0.228 e. The molecule has 0 N–H and O–H groups in total. The van der Waals surface area contributed by atoms with Gasteiger partial charge in [0.15, 0.2) is 0 Å². The lowest BCUT2D eigenvalue weighted by Crippen LogP contribution is -2.30. The quantitative estimate of drug-likeness (QED) is 0.675. The van der Waals surface area contributed by atoms with Gasteiger partial charge in [-0.3, -0.25) is 4.79 Å². The highest BCUT2D eigenvalue weighted by Gasteiger charge is 2.29. The summed E-state index contributed by atoms with van der Waals surface area (Å²) >= 11 is 0. The number of carbonyl (C=O) groups is 1. The molecule has 0 aliphatic carbocycles. The fourth-order valence-corrected chi connectivity index (χ4v) is 3.60. The summed E-state index contributed by atoms with van der Waals surface area (Å²) in [5.41, 5.74) is 2.93. The van der Waals surface area contributed by atoms with Gasteiger partial charge in [0.05, 0.1) is 18.4 Å². The predicted molar refractivity (Wildman–Crippen MR) is 102 cm³/mol. The van der Waals surface area contributed by atoms with E-state index in [1.54, 1.807) is 6.26 Å². The molecule has 5 heteroatoms. The number of benzene rings is 1. The third-order valence-electron chi connectivity index (χ3n) is 5.31. The topological polar surface area (TPSA) is 59.5 Å². The molecule has 1 aliphatic rings. The summed E-state index contributed by atoms with van der Waals surface area (Å²) in [7, 11) is 0. The summed E-state index contributed by atoms with van der Waals surface area (Å²) in [5.74, 6) is 2.62. The highest BCUT2D eigenvalue weighted by Crippen LogP contribution is 2.28. The molecular weight excluding hydrogens is 340 g/mol. The van der Waals surface area contributed by atoms with Crippen LogP contribution in [0.5, 0.6) is 0 Å². The third kappa shape index (κ3) is 3.68. The largest absolute Gasteiger partial charge is 0.469 e. The van der Waals surface area contributed by atoms with Crippen molar-refractivity contribution in [2.45, 2.75) is 39.0 Å². The van der Waals surface area contributed by atoms with Crippen LogP contribution in [0.2, 0.25) is 0 Å². The van der Waals surface area contributed by atoms with E-state index in [0.717, 1.165) is 36.4 Å². The van der Waals surface area contributed by atoms with Crippen LogP contribution in [-0.4, -0.2) is 28.9 Å². The first-order chi connectivity index (χ1) is 13.1. The van der Waals surface area contributed by atoms with Crippen LogP contribution in [-0.2, 0) is 17.6 Å². The lowest BCUT2D eigenvalue weighted by atomic mass is 10.1. The van der Waals surface area contributed by atoms with Crippen molar-refractivity contribution in [3.8, 4) is 11.5 Å². The van der Waals surface area contributed by atoms with E-state index in [1.807, 2.05) is 36.1 Å². The molecule has 140 valence electrons. The number of aryl methyl sites for hydroxylation is 2. The molecule has 1 saturated heterocycles. The predicted octanol–water partition coefficient (Wildman–Crippen LogP) is 4.36. The Morgan fingerprint density at radius 1 is 1.26 bits per heavy atom. The Labute approximate surface area is 159 Å². The fourth-order valence-electron chi connectivity index (χ4n) is 3.60. The Morgan fingerprint density at radius 3 is 2.78 bits per heavy atom. The second-order valence-corrected chi connectivity index (χ2v) is 7.09. The van der Waals surface area contributed by atoms with Crippen molar-refractivity contribution in [3.63, 3.8) is 0 Å². The number of hydrogen-bond acceptors (Lipinski definition) is 4. The number of amides is 1. The normalized spacial score (nSPS) is 16.8. The van der Waals surface area contributed by atoms with E-state index in [2.05, 4.69) is 24.0 Å². The Hall–Kier alpha value is -2.82. The Kier molecular flexibility index (Phi) is 4.84. The summed E-state index contributed by atoms with van der Waals surface area (Å²) < 4.78 is 11.3. The fraction of sp³-hybridized carbons (Fsp3) is 0.364. The van der Waals surface area contributed by atoms with Crippen LogP contribution in [0.1, 0.15) is 42.0 Å². The van der Waals surface area contributed by atoms with Crippen molar-refractivity contribution in [1.29, 1.82) is 0 Å². The average molecular weight is 364 g/mol. The monoisotopic (exact) mass is 364 g/mol. The standard InChI is InChI=1S/C22H24N2O3/c1-3-16-6-8-17(9-7-16)22-23-19(15(2)27-22)13-21(25)24-11-10-18(14-24)20-5-4-12-26-20/h4-9,12,18H,3,10-11,13-14H2,1-2H3. The Bertz CT molecular complexity index is 910. The number of carbonyl (C=O) groups excluding carboxylic acids is 1. The van der Waals surface area contributed by atoms with Gasteiger partial charge in [0.25, 0.3) is 0 Å². The maximum absolute atomic E-state index is 12.7.